The molecule has 0 amide bonds. The molecule has 0 saturated heterocycles. The van der Waals surface area contributed by atoms with Gasteiger partial charge in [0, 0.05) is 42.3 Å². The maximum Gasteiger partial charge on any atom is 1.00 e. The summed E-state index contributed by atoms with van der Waals surface area (Å²) >= 11 is 10.1. The maximum atomic E-state index is 4.20. The van der Waals surface area contributed by atoms with Gasteiger partial charge in [0.05, 0.1) is 21.1 Å². The van der Waals surface area contributed by atoms with Crippen LogP contribution in [0.4, 0.5) is 0 Å². The van der Waals surface area contributed by atoms with Gasteiger partial charge in [-0.05, 0) is 138 Å². The molecule has 12 heterocycles. The molecule has 12 aromatic heterocycles. The van der Waals surface area contributed by atoms with Crippen LogP contribution in [0, 0.1) is 0 Å². The van der Waals surface area contributed by atoms with Gasteiger partial charge >= 0.3 is 134 Å². The quantitative estimate of drug-likeness (QED) is 0.107. The summed E-state index contributed by atoms with van der Waals surface area (Å²) in [6.07, 6.45) is 0. The first-order valence-electron chi connectivity index (χ1n) is 30.2. The van der Waals surface area contributed by atoms with Crippen molar-refractivity contribution in [2.24, 2.45) is 0 Å². The van der Waals surface area contributed by atoms with Crippen LogP contribution in [-0.2, 0) is 134 Å². The Morgan fingerprint density at radius 1 is 0.167 bits per heavy atom. The largest absolute Gasteiger partial charge is 1.00 e. The van der Waals surface area contributed by atoms with Gasteiger partial charge in [-0.3, -0.25) is 0 Å². The number of thiophene rings is 6. The molecule has 528 valence electrons. The summed E-state index contributed by atoms with van der Waals surface area (Å²) in [6.45, 7) is 0. The minimum absolute atomic E-state index is 0. The standard InChI is InChI=1S/6C13H9N2S.6Au/c6*1-2-5-10(6-3-1)11-9-12(15-14-11)13-7-4-8-16-13;;;;;;/h6*1-9H;;;;;;/q6*-1;6*+1. The second-order valence-electron chi connectivity index (χ2n) is 20.7. The fourth-order valence-corrected chi connectivity index (χ4v) is 13.6. The van der Waals surface area contributed by atoms with Crippen LogP contribution in [0.1, 0.15) is 0 Å². The first-order valence-corrected chi connectivity index (χ1v) is 35.5. The third kappa shape index (κ3) is 23.1. The van der Waals surface area contributed by atoms with Gasteiger partial charge in [0.1, 0.15) is 0 Å². The molecule has 24 heteroatoms. The van der Waals surface area contributed by atoms with Gasteiger partial charge in [0.2, 0.25) is 0 Å². The molecule has 0 radical (unpaired) electrons. The fraction of sp³-hybridized carbons (Fsp3) is 0. The van der Waals surface area contributed by atoms with Crippen molar-refractivity contribution >= 4 is 68.0 Å². The number of hydrogen-bond donors (Lipinski definition) is 0. The Bertz CT molecular complexity index is 4270. The van der Waals surface area contributed by atoms with Gasteiger partial charge in [-0.2, -0.15) is 0 Å². The average molecular weight is 2530 g/mol. The molecule has 0 aliphatic heterocycles. The van der Waals surface area contributed by atoms with E-state index >= 15 is 0 Å². The molecule has 12 nitrogen and oxygen atoms in total. The first kappa shape index (κ1) is 82.5. The third-order valence-electron chi connectivity index (χ3n) is 14.3. The molecule has 6 aromatic carbocycles. The van der Waals surface area contributed by atoms with Crippen LogP contribution < -0.4 is 30.6 Å². The summed E-state index contributed by atoms with van der Waals surface area (Å²) in [5.74, 6) is 0. The first-order chi connectivity index (χ1) is 47.6. The molecule has 0 atom stereocenters. The van der Waals surface area contributed by atoms with E-state index in [0.717, 1.165) is 131 Å². The molecule has 0 bridgehead atoms. The summed E-state index contributed by atoms with van der Waals surface area (Å²) in [5, 5.41) is 62.7. The monoisotopic (exact) mass is 2530 g/mol. The van der Waals surface area contributed by atoms with Crippen LogP contribution in [0.3, 0.4) is 0 Å². The van der Waals surface area contributed by atoms with E-state index < -0.39 is 0 Å². The summed E-state index contributed by atoms with van der Waals surface area (Å²) in [7, 11) is 0. The molecule has 0 saturated carbocycles. The van der Waals surface area contributed by atoms with Gasteiger partial charge in [0.25, 0.3) is 0 Å². The Morgan fingerprint density at radius 2 is 0.343 bits per heavy atom. The van der Waals surface area contributed by atoms with Crippen molar-refractivity contribution in [3.8, 4) is 131 Å². The molecule has 18 aromatic rings. The molecule has 0 unspecified atom stereocenters. The second kappa shape index (κ2) is 43.5. The Kier molecular flexibility index (Phi) is 35.2. The van der Waals surface area contributed by atoms with Crippen molar-refractivity contribution in [2.75, 3.05) is 0 Å². The van der Waals surface area contributed by atoms with Crippen molar-refractivity contribution in [1.29, 1.82) is 0 Å². The summed E-state index contributed by atoms with van der Waals surface area (Å²) < 4.78 is 0. The molecule has 0 N–H and O–H groups in total. The van der Waals surface area contributed by atoms with Crippen LogP contribution in [0.15, 0.2) is 323 Å². The molecule has 18 rings (SSSR count). The van der Waals surface area contributed by atoms with E-state index in [-0.39, 0.29) is 134 Å². The molecular formula is C78H54Au6N12S6. The zero-order chi connectivity index (χ0) is 64.8. The minimum Gasteiger partial charge on any atom is -0.574 e. The van der Waals surface area contributed by atoms with E-state index in [4.69, 9.17) is 0 Å². The van der Waals surface area contributed by atoms with Crippen molar-refractivity contribution < 1.29 is 134 Å². The number of benzene rings is 6. The van der Waals surface area contributed by atoms with Gasteiger partial charge in [-0.15, -0.1) is 102 Å². The van der Waals surface area contributed by atoms with E-state index in [1.165, 1.54) is 0 Å². The van der Waals surface area contributed by atoms with Gasteiger partial charge in [-0.1, -0.05) is 218 Å². The molecule has 0 aliphatic rings. The topological polar surface area (TPSA) is 162 Å². The van der Waals surface area contributed by atoms with Gasteiger partial charge in [-0.25, -0.2) is 0 Å². The zero-order valence-electron chi connectivity index (χ0n) is 52.8. The van der Waals surface area contributed by atoms with E-state index in [1.54, 1.807) is 68.0 Å². The van der Waals surface area contributed by atoms with Crippen LogP contribution >= 0.6 is 68.0 Å². The van der Waals surface area contributed by atoms with Crippen molar-refractivity contribution in [1.82, 2.24) is 61.2 Å². The van der Waals surface area contributed by atoms with E-state index in [1.807, 2.05) is 287 Å². The van der Waals surface area contributed by atoms with E-state index in [0.29, 0.717) is 0 Å². The minimum atomic E-state index is 0. The predicted molar refractivity (Wildman–Crippen MR) is 398 cm³/mol. The smallest absolute Gasteiger partial charge is 0.574 e. The van der Waals surface area contributed by atoms with Crippen LogP contribution in [0.5, 0.6) is 0 Å². The second-order valence-corrected chi connectivity index (χ2v) is 26.4. The van der Waals surface area contributed by atoms with Crippen LogP contribution in [-0.4, -0.2) is 30.6 Å². The van der Waals surface area contributed by atoms with Crippen LogP contribution in [0.25, 0.3) is 131 Å². The molecule has 0 spiro atoms. The third-order valence-corrected chi connectivity index (χ3v) is 19.6. The Balaban J connectivity index is 0.000000170. The van der Waals surface area contributed by atoms with E-state index in [9.17, 15) is 0 Å². The average Bonchev–Trinajstić information content (AvgIpc) is 1.74. The molecular weight excluding hydrogens is 2480 g/mol. The van der Waals surface area contributed by atoms with Gasteiger partial charge in [0.15, 0.2) is 0 Å². The predicted octanol–water partition coefficient (Wildman–Crippen LogP) is 20.6. The number of hydrogen-bond acceptors (Lipinski definition) is 12. The van der Waals surface area contributed by atoms with Crippen molar-refractivity contribution in [2.45, 2.75) is 0 Å². The van der Waals surface area contributed by atoms with Crippen molar-refractivity contribution in [3.05, 3.63) is 323 Å². The Labute approximate surface area is 708 Å². The number of rotatable bonds is 12. The summed E-state index contributed by atoms with van der Waals surface area (Å²) in [5.41, 5.74) is 18.0. The van der Waals surface area contributed by atoms with Crippen molar-refractivity contribution in [3.63, 3.8) is 0 Å². The molecule has 0 aliphatic carbocycles. The Hall–Kier alpha value is -6.78. The van der Waals surface area contributed by atoms with Crippen LogP contribution in [0.2, 0.25) is 0 Å². The van der Waals surface area contributed by atoms with Gasteiger partial charge < -0.3 is 61.2 Å². The molecule has 102 heavy (non-hydrogen) atoms. The zero-order valence-corrected chi connectivity index (χ0v) is 70.7. The van der Waals surface area contributed by atoms with E-state index in [2.05, 4.69) is 97.6 Å². The Morgan fingerprint density at radius 3 is 0.549 bits per heavy atom. The molecule has 0 fully saturated rings. The maximum absolute atomic E-state index is 4.20. The fourth-order valence-electron chi connectivity index (χ4n) is 9.54. The summed E-state index contributed by atoms with van der Waals surface area (Å²) in [6, 6.07) is 97.3. The number of nitrogens with zero attached hydrogens (tertiary/aromatic N) is 12. The number of aromatic nitrogens is 12. The summed E-state index contributed by atoms with van der Waals surface area (Å²) in [4.78, 5) is 6.97. The normalized spacial score (nSPS) is 9.88. The SMILES string of the molecule is [Au+].[Au+].[Au+].[Au+].[Au+].[Au+].c1ccc(-c2cc(-c3cccs3)[n-]n2)cc1.c1ccc(-c2cc(-c3cccs3)[n-]n2)cc1.c1ccc(-c2cc(-c3cccs3)[n-]n2)cc1.c1ccc(-c2cc(-c3cccs3)[n-]n2)cc1.c1ccc(-c2cc(-c3cccs3)n[n-]2)cc1.c1ccc(-c2cc(-c3cccs3)n[n-]2)cc1.